The summed E-state index contributed by atoms with van der Waals surface area (Å²) < 4.78 is 11.0. The number of nitrogens with zero attached hydrogens (tertiary/aromatic N) is 1. The number of aromatic hydroxyl groups is 1. The van der Waals surface area contributed by atoms with Crippen LogP contribution < -0.4 is 0 Å². The van der Waals surface area contributed by atoms with Crippen molar-refractivity contribution in [2.75, 3.05) is 6.54 Å². The first-order valence-electron chi connectivity index (χ1n) is 8.34. The number of hydrogen-bond acceptors (Lipinski definition) is 4. The molecule has 0 atom stereocenters. The maximum atomic E-state index is 9.74. The number of hydrogen-bond donors (Lipinski definition) is 2. The maximum Gasteiger partial charge on any atom is 0.117 e. The molecule has 3 aromatic heterocycles. The summed E-state index contributed by atoms with van der Waals surface area (Å²) in [4.78, 5) is 5.55. The third-order valence-corrected chi connectivity index (χ3v) is 4.37. The van der Waals surface area contributed by atoms with Crippen LogP contribution in [0.4, 0.5) is 0 Å². The summed E-state index contributed by atoms with van der Waals surface area (Å²) in [6, 6.07) is 13.2. The van der Waals surface area contributed by atoms with Gasteiger partial charge in [-0.2, -0.15) is 0 Å². The fourth-order valence-electron chi connectivity index (χ4n) is 3.11. The predicted molar refractivity (Wildman–Crippen MR) is 95.2 cm³/mol. The van der Waals surface area contributed by atoms with Crippen LogP contribution in [0.25, 0.3) is 10.9 Å². The number of aromatic amines is 1. The van der Waals surface area contributed by atoms with Crippen molar-refractivity contribution in [3.8, 4) is 5.75 Å². The van der Waals surface area contributed by atoms with Gasteiger partial charge < -0.3 is 18.9 Å². The van der Waals surface area contributed by atoms with Gasteiger partial charge in [-0.25, -0.2) is 0 Å². The van der Waals surface area contributed by atoms with Crippen LogP contribution in [0.3, 0.4) is 0 Å². The van der Waals surface area contributed by atoms with Gasteiger partial charge in [0.15, 0.2) is 0 Å². The zero-order chi connectivity index (χ0) is 17.1. The highest BCUT2D eigenvalue weighted by molar-refractivity contribution is 5.84. The molecule has 0 amide bonds. The van der Waals surface area contributed by atoms with Gasteiger partial charge in [-0.3, -0.25) is 4.90 Å². The molecular formula is C20H20N2O3. The van der Waals surface area contributed by atoms with Crippen LogP contribution in [0.5, 0.6) is 5.75 Å². The summed E-state index contributed by atoms with van der Waals surface area (Å²) in [7, 11) is 0. The number of rotatable bonds is 7. The second kappa shape index (κ2) is 6.91. The molecule has 0 fully saturated rings. The van der Waals surface area contributed by atoms with Gasteiger partial charge in [-0.15, -0.1) is 0 Å². The van der Waals surface area contributed by atoms with Gasteiger partial charge in [-0.1, -0.05) is 0 Å². The quantitative estimate of drug-likeness (QED) is 0.528. The molecule has 0 saturated carbocycles. The molecule has 5 nitrogen and oxygen atoms in total. The number of fused-ring (bicyclic) bond motifs is 1. The molecule has 4 aromatic rings. The smallest absolute Gasteiger partial charge is 0.117 e. The number of aromatic nitrogens is 1. The number of benzene rings is 1. The Morgan fingerprint density at radius 1 is 0.960 bits per heavy atom. The number of phenolic OH excluding ortho intramolecular Hbond substituents is 1. The molecule has 128 valence electrons. The zero-order valence-corrected chi connectivity index (χ0v) is 13.8. The minimum Gasteiger partial charge on any atom is -0.508 e. The minimum atomic E-state index is 0.288. The average molecular weight is 336 g/mol. The zero-order valence-electron chi connectivity index (χ0n) is 13.8. The van der Waals surface area contributed by atoms with Crippen molar-refractivity contribution < 1.29 is 13.9 Å². The van der Waals surface area contributed by atoms with Gasteiger partial charge in [0.2, 0.25) is 0 Å². The van der Waals surface area contributed by atoms with E-state index in [1.807, 2.05) is 42.6 Å². The predicted octanol–water partition coefficient (Wildman–Crippen LogP) is 4.30. The Labute approximate surface area is 145 Å². The third-order valence-electron chi connectivity index (χ3n) is 4.37. The van der Waals surface area contributed by atoms with Gasteiger partial charge in [-0.05, 0) is 54.4 Å². The normalized spacial score (nSPS) is 11.6. The van der Waals surface area contributed by atoms with Crippen LogP contribution in [-0.4, -0.2) is 21.5 Å². The molecule has 3 heterocycles. The van der Waals surface area contributed by atoms with E-state index in [-0.39, 0.29) is 5.75 Å². The van der Waals surface area contributed by atoms with E-state index in [4.69, 9.17) is 8.83 Å². The number of nitrogens with one attached hydrogen (secondary N) is 1. The van der Waals surface area contributed by atoms with Gasteiger partial charge in [0.05, 0.1) is 25.6 Å². The Bertz CT molecular complexity index is 887. The van der Waals surface area contributed by atoms with Crippen molar-refractivity contribution in [3.63, 3.8) is 0 Å². The monoisotopic (exact) mass is 336 g/mol. The van der Waals surface area contributed by atoms with Crippen LogP contribution >= 0.6 is 0 Å². The van der Waals surface area contributed by atoms with E-state index < -0.39 is 0 Å². The molecule has 0 saturated heterocycles. The van der Waals surface area contributed by atoms with Crippen molar-refractivity contribution in [2.24, 2.45) is 0 Å². The molecule has 0 bridgehead atoms. The summed E-state index contributed by atoms with van der Waals surface area (Å²) in [5, 5.41) is 10.8. The van der Waals surface area contributed by atoms with Gasteiger partial charge in [0, 0.05) is 23.6 Å². The van der Waals surface area contributed by atoms with E-state index in [0.29, 0.717) is 0 Å². The first kappa shape index (κ1) is 15.6. The Morgan fingerprint density at radius 3 is 2.32 bits per heavy atom. The molecule has 0 aliphatic carbocycles. The molecule has 0 aliphatic rings. The number of furan rings is 2. The third kappa shape index (κ3) is 3.61. The summed E-state index contributed by atoms with van der Waals surface area (Å²) in [6.45, 7) is 2.30. The largest absolute Gasteiger partial charge is 0.508 e. The molecule has 1 aromatic carbocycles. The lowest BCUT2D eigenvalue weighted by molar-refractivity contribution is 0.220. The van der Waals surface area contributed by atoms with E-state index in [1.54, 1.807) is 18.6 Å². The Hall–Kier alpha value is -2.92. The van der Waals surface area contributed by atoms with Crippen LogP contribution in [0.2, 0.25) is 0 Å². The van der Waals surface area contributed by atoms with E-state index >= 15 is 0 Å². The van der Waals surface area contributed by atoms with E-state index in [9.17, 15) is 5.11 Å². The highest BCUT2D eigenvalue weighted by atomic mass is 16.3. The summed E-state index contributed by atoms with van der Waals surface area (Å²) >= 11 is 0. The van der Waals surface area contributed by atoms with E-state index in [2.05, 4.69) is 9.88 Å². The van der Waals surface area contributed by atoms with Crippen molar-refractivity contribution in [2.45, 2.75) is 19.5 Å². The number of H-pyrrole nitrogens is 1. The summed E-state index contributed by atoms with van der Waals surface area (Å²) in [5.41, 5.74) is 2.23. The highest BCUT2D eigenvalue weighted by Gasteiger charge is 2.12. The van der Waals surface area contributed by atoms with Crippen LogP contribution in [0.1, 0.15) is 17.1 Å². The second-order valence-electron chi connectivity index (χ2n) is 6.16. The lowest BCUT2D eigenvalue weighted by atomic mass is 10.1. The minimum absolute atomic E-state index is 0.288. The SMILES string of the molecule is Oc1ccc2[nH]cc(CCN(Cc3ccco3)Cc3ccco3)c2c1. The van der Waals surface area contributed by atoms with Crippen molar-refractivity contribution in [3.05, 3.63) is 78.3 Å². The first-order valence-corrected chi connectivity index (χ1v) is 8.34. The van der Waals surface area contributed by atoms with Gasteiger partial charge in [0.1, 0.15) is 17.3 Å². The number of phenols is 1. The molecule has 0 aliphatic heterocycles. The van der Waals surface area contributed by atoms with Gasteiger partial charge >= 0.3 is 0 Å². The Kier molecular flexibility index (Phi) is 4.31. The topological polar surface area (TPSA) is 65.5 Å². The van der Waals surface area contributed by atoms with Crippen molar-refractivity contribution in [1.82, 2.24) is 9.88 Å². The van der Waals surface area contributed by atoms with Gasteiger partial charge in [0.25, 0.3) is 0 Å². The standard InChI is InChI=1S/C20H20N2O3/c23-16-5-6-20-19(11-16)15(12-21-20)7-8-22(13-17-3-1-9-24-17)14-18-4-2-10-25-18/h1-6,9-12,21,23H,7-8,13-14H2. The summed E-state index contributed by atoms with van der Waals surface area (Å²) in [5.74, 6) is 2.16. The fraction of sp³-hybridized carbons (Fsp3) is 0.200. The average Bonchev–Trinajstić information content (AvgIpc) is 3.35. The molecule has 0 unspecified atom stereocenters. The lowest BCUT2D eigenvalue weighted by Gasteiger charge is -2.20. The van der Waals surface area contributed by atoms with Crippen molar-refractivity contribution in [1.29, 1.82) is 0 Å². The second-order valence-corrected chi connectivity index (χ2v) is 6.16. The molecule has 2 N–H and O–H groups in total. The summed E-state index contributed by atoms with van der Waals surface area (Å²) in [6.07, 6.45) is 6.28. The molecule has 5 heteroatoms. The Balaban J connectivity index is 1.50. The van der Waals surface area contributed by atoms with Crippen LogP contribution in [0, 0.1) is 0 Å². The van der Waals surface area contributed by atoms with E-state index in [1.165, 1.54) is 5.56 Å². The molecule has 4 rings (SSSR count). The fourth-order valence-corrected chi connectivity index (χ4v) is 3.11. The van der Waals surface area contributed by atoms with Crippen molar-refractivity contribution >= 4 is 10.9 Å². The lowest BCUT2D eigenvalue weighted by Crippen LogP contribution is -2.25. The molecule has 0 spiro atoms. The molecular weight excluding hydrogens is 316 g/mol. The maximum absolute atomic E-state index is 9.74. The van der Waals surface area contributed by atoms with Crippen LogP contribution in [-0.2, 0) is 19.5 Å². The Morgan fingerprint density at radius 2 is 1.68 bits per heavy atom. The molecule has 0 radical (unpaired) electrons. The first-order chi connectivity index (χ1) is 12.3. The highest BCUT2D eigenvalue weighted by Crippen LogP contribution is 2.24. The molecule has 25 heavy (non-hydrogen) atoms. The van der Waals surface area contributed by atoms with Crippen LogP contribution in [0.15, 0.2) is 70.0 Å². The van der Waals surface area contributed by atoms with E-state index in [0.717, 1.165) is 48.5 Å².